The fourth-order valence-corrected chi connectivity index (χ4v) is 3.06. The number of hydrogen-bond acceptors (Lipinski definition) is 3. The van der Waals surface area contributed by atoms with E-state index >= 15 is 0 Å². The monoisotopic (exact) mass is 222 g/mol. The van der Waals surface area contributed by atoms with Crippen molar-refractivity contribution in [3.63, 3.8) is 0 Å². The summed E-state index contributed by atoms with van der Waals surface area (Å²) in [7, 11) is -1.91. The maximum absolute atomic E-state index is 11.5. The van der Waals surface area contributed by atoms with Crippen LogP contribution in [0.4, 0.5) is 0 Å². The summed E-state index contributed by atoms with van der Waals surface area (Å²) in [5.74, 6) is 0. The minimum Gasteiger partial charge on any atom is -0.393 e. The minimum absolute atomic E-state index is 0.0487. The zero-order valence-corrected chi connectivity index (χ0v) is 9.42. The highest BCUT2D eigenvalue weighted by Crippen LogP contribution is 2.23. The van der Waals surface area contributed by atoms with Crippen molar-refractivity contribution in [1.29, 1.82) is 0 Å². The van der Waals surface area contributed by atoms with Gasteiger partial charge in [0.15, 0.2) is 0 Å². The maximum Gasteiger partial charge on any atom is 0.279 e. The summed E-state index contributed by atoms with van der Waals surface area (Å²) in [6, 6.07) is -0.0487. The summed E-state index contributed by atoms with van der Waals surface area (Å²) < 4.78 is 26.8. The summed E-state index contributed by atoms with van der Waals surface area (Å²) >= 11 is 0. The Morgan fingerprint density at radius 2 is 2.29 bits per heavy atom. The number of nitrogens with zero attached hydrogens (tertiary/aromatic N) is 1. The van der Waals surface area contributed by atoms with Crippen LogP contribution in [0.3, 0.4) is 0 Å². The molecule has 0 aliphatic carbocycles. The molecule has 1 fully saturated rings. The van der Waals surface area contributed by atoms with Gasteiger partial charge in [0.1, 0.15) is 0 Å². The summed E-state index contributed by atoms with van der Waals surface area (Å²) in [6.07, 6.45) is 1.78. The van der Waals surface area contributed by atoms with Gasteiger partial charge in [-0.3, -0.25) is 0 Å². The zero-order valence-electron chi connectivity index (χ0n) is 8.60. The van der Waals surface area contributed by atoms with E-state index in [9.17, 15) is 13.5 Å². The second kappa shape index (κ2) is 4.57. The predicted octanol–water partition coefficient (Wildman–Crippen LogP) is -0.314. The second-order valence-electron chi connectivity index (χ2n) is 3.70. The molecule has 5 nitrogen and oxygen atoms in total. The van der Waals surface area contributed by atoms with E-state index < -0.39 is 16.3 Å². The van der Waals surface area contributed by atoms with E-state index in [4.69, 9.17) is 0 Å². The number of rotatable bonds is 4. The van der Waals surface area contributed by atoms with Gasteiger partial charge in [-0.1, -0.05) is 0 Å². The molecule has 2 N–H and O–H groups in total. The molecule has 1 heterocycles. The molecule has 0 spiro atoms. The molecule has 0 aromatic carbocycles. The molecule has 6 heteroatoms. The Labute approximate surface area is 85.3 Å². The first kappa shape index (κ1) is 11.9. The first-order chi connectivity index (χ1) is 6.47. The third kappa shape index (κ3) is 2.66. The molecule has 84 valence electrons. The lowest BCUT2D eigenvalue weighted by molar-refractivity contribution is 0.157. The van der Waals surface area contributed by atoms with Crippen LogP contribution in [0.25, 0.3) is 0 Å². The van der Waals surface area contributed by atoms with E-state index in [1.165, 1.54) is 11.4 Å². The van der Waals surface area contributed by atoms with Gasteiger partial charge in [-0.2, -0.15) is 12.7 Å². The average molecular weight is 222 g/mol. The predicted molar refractivity (Wildman–Crippen MR) is 54.0 cm³/mol. The van der Waals surface area contributed by atoms with E-state index in [2.05, 4.69) is 4.72 Å². The summed E-state index contributed by atoms with van der Waals surface area (Å²) in [5.41, 5.74) is 0. The molecule has 1 aliphatic heterocycles. The topological polar surface area (TPSA) is 69.6 Å². The van der Waals surface area contributed by atoms with Gasteiger partial charge in [0, 0.05) is 19.6 Å². The van der Waals surface area contributed by atoms with Crippen LogP contribution in [-0.4, -0.2) is 43.6 Å². The highest BCUT2D eigenvalue weighted by atomic mass is 32.2. The number of aliphatic hydroxyl groups is 1. The molecular formula is C8H18N2O3S. The summed E-state index contributed by atoms with van der Waals surface area (Å²) in [6.45, 7) is 2.24. The molecule has 0 bridgehead atoms. The first-order valence-corrected chi connectivity index (χ1v) is 6.29. The van der Waals surface area contributed by atoms with Gasteiger partial charge < -0.3 is 5.11 Å². The average Bonchev–Trinajstić information content (AvgIpc) is 2.52. The van der Waals surface area contributed by atoms with Gasteiger partial charge in [-0.25, -0.2) is 4.72 Å². The van der Waals surface area contributed by atoms with Crippen molar-refractivity contribution in [3.05, 3.63) is 0 Å². The molecule has 2 unspecified atom stereocenters. The Hall–Kier alpha value is -0.170. The molecule has 0 amide bonds. The summed E-state index contributed by atoms with van der Waals surface area (Å²) in [4.78, 5) is 0. The third-order valence-electron chi connectivity index (χ3n) is 2.50. The van der Waals surface area contributed by atoms with Crippen molar-refractivity contribution in [1.82, 2.24) is 9.03 Å². The molecule has 0 aromatic rings. The molecule has 0 saturated carbocycles. The normalized spacial score (nSPS) is 26.6. The van der Waals surface area contributed by atoms with Crippen molar-refractivity contribution in [2.45, 2.75) is 38.3 Å². The number of nitrogens with one attached hydrogen (secondary N) is 1. The van der Waals surface area contributed by atoms with Crippen LogP contribution in [0, 0.1) is 0 Å². The molecular weight excluding hydrogens is 204 g/mol. The highest BCUT2D eigenvalue weighted by molar-refractivity contribution is 7.87. The van der Waals surface area contributed by atoms with Crippen LogP contribution in [0.1, 0.15) is 26.2 Å². The van der Waals surface area contributed by atoms with Crippen LogP contribution in [0.15, 0.2) is 0 Å². The van der Waals surface area contributed by atoms with Crippen molar-refractivity contribution >= 4 is 10.2 Å². The molecule has 1 aliphatic rings. The van der Waals surface area contributed by atoms with E-state index in [0.717, 1.165) is 12.8 Å². The molecule has 1 rings (SSSR count). The van der Waals surface area contributed by atoms with Gasteiger partial charge in [-0.05, 0) is 26.2 Å². The van der Waals surface area contributed by atoms with Gasteiger partial charge >= 0.3 is 0 Å². The van der Waals surface area contributed by atoms with Gasteiger partial charge in [0.2, 0.25) is 0 Å². The maximum atomic E-state index is 11.5. The lowest BCUT2D eigenvalue weighted by Crippen LogP contribution is -2.42. The molecule has 1 saturated heterocycles. The molecule has 0 radical (unpaired) electrons. The lowest BCUT2D eigenvalue weighted by Gasteiger charge is -2.24. The van der Waals surface area contributed by atoms with Crippen LogP contribution < -0.4 is 4.72 Å². The van der Waals surface area contributed by atoms with Gasteiger partial charge in [-0.15, -0.1) is 0 Å². The van der Waals surface area contributed by atoms with Crippen LogP contribution in [-0.2, 0) is 10.2 Å². The van der Waals surface area contributed by atoms with Crippen molar-refractivity contribution in [3.8, 4) is 0 Å². The SMILES string of the molecule is CNS(=O)(=O)N1CCCC1CC(C)O. The Kier molecular flexibility index (Phi) is 3.88. The van der Waals surface area contributed by atoms with Gasteiger partial charge in [0.05, 0.1) is 6.10 Å². The highest BCUT2D eigenvalue weighted by Gasteiger charge is 2.33. The van der Waals surface area contributed by atoms with E-state index in [-0.39, 0.29) is 6.04 Å². The largest absolute Gasteiger partial charge is 0.393 e. The molecule has 14 heavy (non-hydrogen) atoms. The number of hydrogen-bond donors (Lipinski definition) is 2. The minimum atomic E-state index is -3.32. The summed E-state index contributed by atoms with van der Waals surface area (Å²) in [5, 5.41) is 9.23. The smallest absolute Gasteiger partial charge is 0.279 e. The fourth-order valence-electron chi connectivity index (χ4n) is 1.87. The fraction of sp³-hybridized carbons (Fsp3) is 1.00. The van der Waals surface area contributed by atoms with E-state index in [1.807, 2.05) is 0 Å². The van der Waals surface area contributed by atoms with E-state index in [0.29, 0.717) is 13.0 Å². The van der Waals surface area contributed by atoms with Crippen LogP contribution in [0.2, 0.25) is 0 Å². The Morgan fingerprint density at radius 3 is 2.79 bits per heavy atom. The number of aliphatic hydroxyl groups excluding tert-OH is 1. The van der Waals surface area contributed by atoms with Crippen LogP contribution in [0.5, 0.6) is 0 Å². The lowest BCUT2D eigenvalue weighted by atomic mass is 10.1. The Balaban J connectivity index is 2.69. The van der Waals surface area contributed by atoms with Crippen LogP contribution >= 0.6 is 0 Å². The van der Waals surface area contributed by atoms with Crippen molar-refractivity contribution in [2.75, 3.05) is 13.6 Å². The van der Waals surface area contributed by atoms with Crippen molar-refractivity contribution in [2.24, 2.45) is 0 Å². The Morgan fingerprint density at radius 1 is 1.64 bits per heavy atom. The van der Waals surface area contributed by atoms with Crippen molar-refractivity contribution < 1.29 is 13.5 Å². The zero-order chi connectivity index (χ0) is 10.8. The Bertz CT molecular complexity index is 276. The molecule has 0 aromatic heterocycles. The first-order valence-electron chi connectivity index (χ1n) is 4.85. The second-order valence-corrected chi connectivity index (χ2v) is 5.53. The quantitative estimate of drug-likeness (QED) is 0.685. The molecule has 2 atom stereocenters. The van der Waals surface area contributed by atoms with E-state index in [1.54, 1.807) is 6.92 Å². The standard InChI is InChI=1S/C8H18N2O3S/c1-7(11)6-8-4-3-5-10(8)14(12,13)9-2/h7-9,11H,3-6H2,1-2H3. The third-order valence-corrected chi connectivity index (χ3v) is 4.12. The van der Waals surface area contributed by atoms with Gasteiger partial charge in [0.25, 0.3) is 10.2 Å².